The number of para-hydroxylation sites is 1. The lowest BCUT2D eigenvalue weighted by atomic mass is 9.95. The van der Waals surface area contributed by atoms with Gasteiger partial charge in [-0.25, -0.2) is 0 Å². The largest absolute Gasteiger partial charge is 0.467 e. The van der Waals surface area contributed by atoms with Gasteiger partial charge in [0.25, 0.3) is 11.8 Å². The van der Waals surface area contributed by atoms with Gasteiger partial charge in [-0.2, -0.15) is 13.2 Å². The van der Waals surface area contributed by atoms with E-state index in [1.165, 1.54) is 11.2 Å². The Morgan fingerprint density at radius 2 is 1.64 bits per heavy atom. The Balaban J connectivity index is 1.32. The summed E-state index contributed by atoms with van der Waals surface area (Å²) in [5.74, 6) is -0.772. The first-order valence-electron chi connectivity index (χ1n) is 11.4. The number of hydrogen-bond acceptors (Lipinski definition) is 4. The second-order valence-corrected chi connectivity index (χ2v) is 8.44. The Labute approximate surface area is 205 Å². The lowest BCUT2D eigenvalue weighted by Crippen LogP contribution is -2.41. The van der Waals surface area contributed by atoms with Gasteiger partial charge in [-0.05, 0) is 61.4 Å². The van der Waals surface area contributed by atoms with Gasteiger partial charge >= 0.3 is 6.18 Å². The van der Waals surface area contributed by atoms with Crippen LogP contribution < -0.4 is 10.6 Å². The third-order valence-corrected chi connectivity index (χ3v) is 6.04. The molecule has 0 radical (unpaired) electrons. The van der Waals surface area contributed by atoms with Crippen molar-refractivity contribution >= 4 is 23.4 Å². The zero-order chi connectivity index (χ0) is 25.7. The van der Waals surface area contributed by atoms with Gasteiger partial charge in [0.15, 0.2) is 0 Å². The lowest BCUT2D eigenvalue weighted by Gasteiger charge is -2.31. The Morgan fingerprint density at radius 3 is 2.28 bits per heavy atom. The molecule has 36 heavy (non-hydrogen) atoms. The van der Waals surface area contributed by atoms with E-state index in [4.69, 9.17) is 4.42 Å². The van der Waals surface area contributed by atoms with Crippen LogP contribution in [0.3, 0.4) is 0 Å². The molecule has 0 bridgehead atoms. The minimum atomic E-state index is -4.47. The van der Waals surface area contributed by atoms with Crippen molar-refractivity contribution < 1.29 is 32.0 Å². The predicted octanol–water partition coefficient (Wildman–Crippen LogP) is 4.72. The van der Waals surface area contributed by atoms with Crippen LogP contribution in [0.4, 0.5) is 18.9 Å². The summed E-state index contributed by atoms with van der Waals surface area (Å²) in [6.45, 7) is 0.798. The van der Waals surface area contributed by atoms with Gasteiger partial charge in [-0.15, -0.1) is 0 Å². The summed E-state index contributed by atoms with van der Waals surface area (Å²) in [7, 11) is 0. The molecule has 1 aliphatic rings. The van der Waals surface area contributed by atoms with Crippen LogP contribution in [0.1, 0.15) is 44.9 Å². The number of benzene rings is 2. The second kappa shape index (κ2) is 10.7. The third kappa shape index (κ3) is 5.94. The number of furan rings is 1. The van der Waals surface area contributed by atoms with Crippen molar-refractivity contribution in [3.05, 3.63) is 89.4 Å². The van der Waals surface area contributed by atoms with Gasteiger partial charge in [0.05, 0.1) is 29.6 Å². The van der Waals surface area contributed by atoms with E-state index in [0.717, 1.165) is 24.3 Å². The Hall–Kier alpha value is -4.08. The first-order chi connectivity index (χ1) is 17.2. The quantitative estimate of drug-likeness (QED) is 0.514. The molecule has 2 N–H and O–H groups in total. The minimum absolute atomic E-state index is 0.167. The third-order valence-electron chi connectivity index (χ3n) is 6.04. The average Bonchev–Trinajstić information content (AvgIpc) is 3.40. The molecule has 1 aromatic heterocycles. The number of nitrogens with zero attached hydrogens (tertiary/aromatic N) is 1. The van der Waals surface area contributed by atoms with Crippen molar-refractivity contribution in [1.29, 1.82) is 0 Å². The van der Waals surface area contributed by atoms with Gasteiger partial charge in [0.2, 0.25) is 5.91 Å². The molecule has 188 valence electrons. The number of amides is 3. The van der Waals surface area contributed by atoms with Crippen molar-refractivity contribution in [2.45, 2.75) is 25.6 Å². The number of nitrogens with one attached hydrogen (secondary N) is 2. The van der Waals surface area contributed by atoms with E-state index in [1.807, 2.05) is 0 Å². The van der Waals surface area contributed by atoms with Crippen molar-refractivity contribution in [2.24, 2.45) is 5.92 Å². The molecule has 1 aliphatic heterocycles. The number of likely N-dealkylation sites (tertiary alicyclic amines) is 1. The smallest absolute Gasteiger partial charge is 0.416 e. The normalized spacial score (nSPS) is 14.4. The fraction of sp³-hybridized carbons (Fsp3) is 0.269. The van der Waals surface area contributed by atoms with E-state index in [9.17, 15) is 27.6 Å². The van der Waals surface area contributed by atoms with E-state index in [2.05, 4.69) is 10.6 Å². The van der Waals surface area contributed by atoms with Crippen molar-refractivity contribution in [1.82, 2.24) is 10.2 Å². The highest BCUT2D eigenvalue weighted by molar-refractivity contribution is 6.04. The molecule has 3 aromatic rings. The minimum Gasteiger partial charge on any atom is -0.467 e. The lowest BCUT2D eigenvalue weighted by molar-refractivity contribution is -0.137. The second-order valence-electron chi connectivity index (χ2n) is 8.44. The van der Waals surface area contributed by atoms with Crippen LogP contribution in [-0.4, -0.2) is 35.7 Å². The summed E-state index contributed by atoms with van der Waals surface area (Å²) in [5.41, 5.74) is 0.0415. The SMILES string of the molecule is O=C(NCc1ccco1)c1ccccc1NC(=O)C1CCN(C(=O)c2ccc(C(F)(F)F)cc2)CC1. The van der Waals surface area contributed by atoms with Crippen LogP contribution in [0.25, 0.3) is 0 Å². The summed E-state index contributed by atoms with van der Waals surface area (Å²) < 4.78 is 43.5. The molecule has 0 atom stereocenters. The highest BCUT2D eigenvalue weighted by Gasteiger charge is 2.31. The van der Waals surface area contributed by atoms with E-state index in [-0.39, 0.29) is 35.7 Å². The Kier molecular flexibility index (Phi) is 7.42. The number of rotatable bonds is 6. The van der Waals surface area contributed by atoms with E-state index in [1.54, 1.807) is 36.4 Å². The first kappa shape index (κ1) is 25.0. The van der Waals surface area contributed by atoms with Crippen LogP contribution >= 0.6 is 0 Å². The van der Waals surface area contributed by atoms with Gasteiger partial charge < -0.3 is 20.0 Å². The van der Waals surface area contributed by atoms with Gasteiger partial charge in [0.1, 0.15) is 5.76 Å². The molecular weight excluding hydrogens is 475 g/mol. The van der Waals surface area contributed by atoms with E-state index >= 15 is 0 Å². The molecule has 4 rings (SSSR count). The maximum atomic E-state index is 12.9. The van der Waals surface area contributed by atoms with Crippen LogP contribution in [0.15, 0.2) is 71.3 Å². The first-order valence-corrected chi connectivity index (χ1v) is 11.4. The molecule has 1 saturated heterocycles. The molecule has 7 nitrogen and oxygen atoms in total. The summed E-state index contributed by atoms with van der Waals surface area (Å²) in [6, 6.07) is 14.2. The number of hydrogen-bond donors (Lipinski definition) is 2. The molecule has 0 aliphatic carbocycles. The van der Waals surface area contributed by atoms with Crippen LogP contribution in [0, 0.1) is 5.92 Å². The number of carbonyl (C=O) groups excluding carboxylic acids is 3. The highest BCUT2D eigenvalue weighted by atomic mass is 19.4. The van der Waals surface area contributed by atoms with Crippen LogP contribution in [0.5, 0.6) is 0 Å². The standard InChI is InChI=1S/C26H24F3N3O4/c27-26(28,29)19-9-7-18(8-10-19)25(35)32-13-11-17(12-14-32)23(33)31-22-6-2-1-5-21(22)24(34)30-16-20-4-3-15-36-20/h1-10,15,17H,11-14,16H2,(H,30,34)(H,31,33). The molecule has 0 saturated carbocycles. The molecule has 1 fully saturated rings. The van der Waals surface area contributed by atoms with Crippen molar-refractivity contribution in [3.8, 4) is 0 Å². The zero-order valence-corrected chi connectivity index (χ0v) is 19.2. The van der Waals surface area contributed by atoms with Crippen molar-refractivity contribution in [2.75, 3.05) is 18.4 Å². The summed E-state index contributed by atoms with van der Waals surface area (Å²) >= 11 is 0. The molecule has 0 spiro atoms. The fourth-order valence-electron chi connectivity index (χ4n) is 4.03. The van der Waals surface area contributed by atoms with Gasteiger partial charge in [-0.3, -0.25) is 14.4 Å². The summed E-state index contributed by atoms with van der Waals surface area (Å²) in [5, 5.41) is 5.57. The molecule has 3 amide bonds. The average molecular weight is 499 g/mol. The number of piperidine rings is 1. The van der Waals surface area contributed by atoms with Crippen molar-refractivity contribution in [3.63, 3.8) is 0 Å². The maximum absolute atomic E-state index is 12.9. The number of anilines is 1. The number of halogens is 3. The summed E-state index contributed by atoms with van der Waals surface area (Å²) in [6.07, 6.45) is -2.17. The van der Waals surface area contributed by atoms with Gasteiger partial charge in [-0.1, -0.05) is 12.1 Å². The monoisotopic (exact) mass is 499 g/mol. The fourth-order valence-corrected chi connectivity index (χ4v) is 4.03. The Morgan fingerprint density at radius 1 is 0.944 bits per heavy atom. The molecule has 2 heterocycles. The molecular formula is C26H24F3N3O4. The predicted molar refractivity (Wildman–Crippen MR) is 125 cm³/mol. The molecule has 0 unspecified atom stereocenters. The highest BCUT2D eigenvalue weighted by Crippen LogP contribution is 2.29. The van der Waals surface area contributed by atoms with Gasteiger partial charge in [0, 0.05) is 24.6 Å². The van der Waals surface area contributed by atoms with Crippen LogP contribution in [0.2, 0.25) is 0 Å². The topological polar surface area (TPSA) is 91.7 Å². The zero-order valence-electron chi connectivity index (χ0n) is 19.2. The number of carbonyl (C=O) groups is 3. The number of alkyl halides is 3. The Bertz CT molecular complexity index is 1220. The molecule has 10 heteroatoms. The molecule has 2 aromatic carbocycles. The summed E-state index contributed by atoms with van der Waals surface area (Å²) in [4.78, 5) is 39.8. The van der Waals surface area contributed by atoms with E-state index in [0.29, 0.717) is 42.9 Å². The van der Waals surface area contributed by atoms with E-state index < -0.39 is 11.7 Å². The maximum Gasteiger partial charge on any atom is 0.416 e. The van der Waals surface area contributed by atoms with Crippen LogP contribution in [-0.2, 0) is 17.5 Å².